The van der Waals surface area contributed by atoms with E-state index in [-0.39, 0.29) is 0 Å². The molecule has 1 rings (SSSR count). The third-order valence-electron chi connectivity index (χ3n) is 2.69. The van der Waals surface area contributed by atoms with Crippen molar-refractivity contribution < 1.29 is 4.74 Å². The van der Waals surface area contributed by atoms with Crippen LogP contribution in [0.15, 0.2) is 0 Å². The summed E-state index contributed by atoms with van der Waals surface area (Å²) < 4.78 is 5.53. The minimum absolute atomic E-state index is 0.804. The second-order valence-corrected chi connectivity index (χ2v) is 4.78. The lowest BCUT2D eigenvalue weighted by atomic mass is 10.1. The van der Waals surface area contributed by atoms with Gasteiger partial charge < -0.3 is 10.1 Å². The lowest BCUT2D eigenvalue weighted by Crippen LogP contribution is -2.22. The maximum absolute atomic E-state index is 5.53. The minimum Gasteiger partial charge on any atom is -0.380 e. The van der Waals surface area contributed by atoms with Crippen LogP contribution in [0.4, 0.5) is 0 Å². The van der Waals surface area contributed by atoms with E-state index in [0.717, 1.165) is 38.1 Å². The van der Waals surface area contributed by atoms with E-state index >= 15 is 0 Å². The monoisotopic (exact) mass is 199 g/mol. The maximum atomic E-state index is 5.53. The lowest BCUT2D eigenvalue weighted by Gasteiger charge is -2.07. The lowest BCUT2D eigenvalue weighted by molar-refractivity contribution is 0.130. The molecule has 0 spiro atoms. The van der Waals surface area contributed by atoms with Crippen molar-refractivity contribution in [3.8, 4) is 0 Å². The molecule has 0 atom stereocenters. The van der Waals surface area contributed by atoms with E-state index in [2.05, 4.69) is 19.2 Å². The number of hydrogen-bond acceptors (Lipinski definition) is 2. The van der Waals surface area contributed by atoms with Crippen molar-refractivity contribution in [2.24, 2.45) is 11.8 Å². The Kier molecular flexibility index (Phi) is 6.20. The summed E-state index contributed by atoms with van der Waals surface area (Å²) in [6.07, 6.45) is 5.43. The number of rotatable bonds is 9. The first-order chi connectivity index (χ1) is 6.79. The fourth-order valence-corrected chi connectivity index (χ4v) is 1.42. The Morgan fingerprint density at radius 3 is 2.64 bits per heavy atom. The summed E-state index contributed by atoms with van der Waals surface area (Å²) in [5, 5.41) is 3.40. The second kappa shape index (κ2) is 7.24. The Morgan fingerprint density at radius 1 is 1.21 bits per heavy atom. The molecule has 1 fully saturated rings. The van der Waals surface area contributed by atoms with Crippen LogP contribution in [-0.4, -0.2) is 26.3 Å². The molecule has 1 aliphatic carbocycles. The molecule has 2 heteroatoms. The van der Waals surface area contributed by atoms with Crippen molar-refractivity contribution in [3.05, 3.63) is 0 Å². The average Bonchev–Trinajstić information content (AvgIpc) is 2.92. The Balaban J connectivity index is 1.66. The predicted molar refractivity (Wildman–Crippen MR) is 60.5 cm³/mol. The van der Waals surface area contributed by atoms with Crippen molar-refractivity contribution >= 4 is 0 Å². The smallest absolute Gasteiger partial charge is 0.0590 e. The van der Waals surface area contributed by atoms with E-state index in [4.69, 9.17) is 4.74 Å². The molecule has 0 aromatic rings. The summed E-state index contributed by atoms with van der Waals surface area (Å²) in [7, 11) is 0. The summed E-state index contributed by atoms with van der Waals surface area (Å²) in [5.41, 5.74) is 0. The van der Waals surface area contributed by atoms with Crippen LogP contribution in [0.25, 0.3) is 0 Å². The molecular weight excluding hydrogens is 174 g/mol. The van der Waals surface area contributed by atoms with Gasteiger partial charge in [0.2, 0.25) is 0 Å². The molecule has 0 aromatic heterocycles. The highest BCUT2D eigenvalue weighted by Crippen LogP contribution is 2.31. The molecule has 0 bridgehead atoms. The summed E-state index contributed by atoms with van der Waals surface area (Å²) in [5.74, 6) is 1.81. The number of hydrogen-bond donors (Lipinski definition) is 1. The molecule has 0 saturated heterocycles. The normalized spacial score (nSPS) is 16.5. The first-order valence-corrected chi connectivity index (χ1v) is 6.07. The van der Waals surface area contributed by atoms with Crippen LogP contribution in [0.1, 0.15) is 39.5 Å². The SMILES string of the molecule is CC(C)CCNCCOCCC1CC1. The van der Waals surface area contributed by atoms with E-state index < -0.39 is 0 Å². The van der Waals surface area contributed by atoms with Crippen molar-refractivity contribution in [2.75, 3.05) is 26.3 Å². The van der Waals surface area contributed by atoms with Gasteiger partial charge in [-0.05, 0) is 31.2 Å². The summed E-state index contributed by atoms with van der Waals surface area (Å²) in [6.45, 7) is 8.50. The van der Waals surface area contributed by atoms with Crippen molar-refractivity contribution in [1.29, 1.82) is 0 Å². The predicted octanol–water partition coefficient (Wildman–Crippen LogP) is 2.44. The Labute approximate surface area is 88.4 Å². The van der Waals surface area contributed by atoms with Crippen LogP contribution in [0.3, 0.4) is 0 Å². The molecule has 1 aliphatic rings. The summed E-state index contributed by atoms with van der Waals surface area (Å²) in [6, 6.07) is 0. The van der Waals surface area contributed by atoms with Gasteiger partial charge in [-0.3, -0.25) is 0 Å². The van der Waals surface area contributed by atoms with Crippen LogP contribution in [0.5, 0.6) is 0 Å². The highest BCUT2D eigenvalue weighted by molar-refractivity contribution is 4.72. The summed E-state index contributed by atoms with van der Waals surface area (Å²) in [4.78, 5) is 0. The molecule has 0 aliphatic heterocycles. The Hall–Kier alpha value is -0.0800. The molecule has 0 amide bonds. The number of nitrogens with one attached hydrogen (secondary N) is 1. The van der Waals surface area contributed by atoms with Gasteiger partial charge in [0.05, 0.1) is 6.61 Å². The van der Waals surface area contributed by atoms with Gasteiger partial charge >= 0.3 is 0 Å². The van der Waals surface area contributed by atoms with Gasteiger partial charge in [0.25, 0.3) is 0 Å². The topological polar surface area (TPSA) is 21.3 Å². The Morgan fingerprint density at radius 2 is 2.00 bits per heavy atom. The van der Waals surface area contributed by atoms with Gasteiger partial charge in [-0.2, -0.15) is 0 Å². The van der Waals surface area contributed by atoms with Gasteiger partial charge in [0.1, 0.15) is 0 Å². The molecule has 1 saturated carbocycles. The zero-order valence-corrected chi connectivity index (χ0v) is 9.72. The summed E-state index contributed by atoms with van der Waals surface area (Å²) >= 11 is 0. The molecule has 0 heterocycles. The standard InChI is InChI=1S/C12H25NO/c1-11(2)5-7-13-8-10-14-9-6-12-3-4-12/h11-13H,3-10H2,1-2H3. The van der Waals surface area contributed by atoms with Crippen molar-refractivity contribution in [3.63, 3.8) is 0 Å². The van der Waals surface area contributed by atoms with Crippen molar-refractivity contribution in [2.45, 2.75) is 39.5 Å². The number of ether oxygens (including phenoxy) is 1. The molecule has 0 unspecified atom stereocenters. The zero-order chi connectivity index (χ0) is 10.2. The van der Waals surface area contributed by atoms with E-state index in [1.165, 1.54) is 25.7 Å². The first-order valence-electron chi connectivity index (χ1n) is 6.07. The fraction of sp³-hybridized carbons (Fsp3) is 1.00. The van der Waals surface area contributed by atoms with E-state index in [1.807, 2.05) is 0 Å². The third kappa shape index (κ3) is 7.34. The van der Waals surface area contributed by atoms with Crippen LogP contribution < -0.4 is 5.32 Å². The van der Waals surface area contributed by atoms with Crippen molar-refractivity contribution in [1.82, 2.24) is 5.32 Å². The molecule has 2 nitrogen and oxygen atoms in total. The largest absolute Gasteiger partial charge is 0.380 e. The van der Waals surface area contributed by atoms with Gasteiger partial charge in [0.15, 0.2) is 0 Å². The van der Waals surface area contributed by atoms with Gasteiger partial charge in [-0.15, -0.1) is 0 Å². The van der Waals surface area contributed by atoms with Gasteiger partial charge in [-0.25, -0.2) is 0 Å². The molecule has 1 N–H and O–H groups in total. The zero-order valence-electron chi connectivity index (χ0n) is 9.72. The molecule has 0 radical (unpaired) electrons. The van der Waals surface area contributed by atoms with Crippen LogP contribution in [0, 0.1) is 11.8 Å². The molecule has 0 aromatic carbocycles. The van der Waals surface area contributed by atoms with Crippen LogP contribution >= 0.6 is 0 Å². The van der Waals surface area contributed by atoms with E-state index in [1.54, 1.807) is 0 Å². The first kappa shape index (κ1) is 12.0. The quantitative estimate of drug-likeness (QED) is 0.576. The highest BCUT2D eigenvalue weighted by atomic mass is 16.5. The van der Waals surface area contributed by atoms with E-state index in [9.17, 15) is 0 Å². The van der Waals surface area contributed by atoms with Gasteiger partial charge in [-0.1, -0.05) is 26.7 Å². The average molecular weight is 199 g/mol. The fourth-order valence-electron chi connectivity index (χ4n) is 1.42. The Bertz CT molecular complexity index is 124. The second-order valence-electron chi connectivity index (χ2n) is 4.78. The van der Waals surface area contributed by atoms with Crippen LogP contribution in [-0.2, 0) is 4.74 Å². The minimum atomic E-state index is 0.804. The van der Waals surface area contributed by atoms with E-state index in [0.29, 0.717) is 0 Å². The third-order valence-corrected chi connectivity index (χ3v) is 2.69. The van der Waals surface area contributed by atoms with Crippen LogP contribution in [0.2, 0.25) is 0 Å². The molecule has 84 valence electrons. The highest BCUT2D eigenvalue weighted by Gasteiger charge is 2.20. The molecule has 14 heavy (non-hydrogen) atoms. The molecular formula is C12H25NO. The van der Waals surface area contributed by atoms with Gasteiger partial charge in [0, 0.05) is 13.2 Å². The maximum Gasteiger partial charge on any atom is 0.0590 e.